The third kappa shape index (κ3) is 5.08. The Morgan fingerprint density at radius 1 is 1.06 bits per heavy atom. The number of piperazine rings is 1. The maximum atomic E-state index is 12.7. The molecule has 3 aromatic rings. The first-order chi connectivity index (χ1) is 16.2. The van der Waals surface area contributed by atoms with E-state index in [1.54, 1.807) is 46.0 Å². The third-order valence-electron chi connectivity index (χ3n) is 5.72. The lowest BCUT2D eigenvalue weighted by Crippen LogP contribution is -2.48. The number of benzene rings is 2. The second kappa shape index (κ2) is 9.87. The second-order valence-corrected chi connectivity index (χ2v) is 8.92. The van der Waals surface area contributed by atoms with Crippen molar-refractivity contribution in [1.82, 2.24) is 14.7 Å². The number of carbonyl (C=O) groups excluding carboxylic acids is 1. The molecule has 1 saturated heterocycles. The molecule has 1 aliphatic heterocycles. The number of rotatable bonds is 5. The minimum Gasteiger partial charge on any atom is -0.368 e. The van der Waals surface area contributed by atoms with E-state index in [0.717, 1.165) is 22.6 Å². The van der Waals surface area contributed by atoms with E-state index >= 15 is 0 Å². The van der Waals surface area contributed by atoms with Gasteiger partial charge in [-0.15, -0.1) is 0 Å². The molecule has 2 heterocycles. The molecule has 4 rings (SSSR count). The van der Waals surface area contributed by atoms with Gasteiger partial charge in [0.05, 0.1) is 10.6 Å². The number of aryl methyl sites for hydroxylation is 2. The van der Waals surface area contributed by atoms with Gasteiger partial charge >= 0.3 is 0 Å². The summed E-state index contributed by atoms with van der Waals surface area (Å²) in [6.07, 6.45) is 3.20. The first kappa shape index (κ1) is 23.8. The number of nitro benzene ring substituents is 1. The number of hydrogen-bond acceptors (Lipinski definition) is 5. The van der Waals surface area contributed by atoms with Crippen LogP contribution in [-0.2, 0) is 4.79 Å². The molecule has 0 radical (unpaired) electrons. The van der Waals surface area contributed by atoms with Crippen LogP contribution in [0.4, 0.5) is 11.4 Å². The quantitative estimate of drug-likeness (QED) is 0.278. The fraction of sp³-hybridized carbons (Fsp3) is 0.250. The Labute approximate surface area is 207 Å². The molecule has 0 unspecified atom stereocenters. The zero-order valence-electron chi connectivity index (χ0n) is 18.7. The lowest BCUT2D eigenvalue weighted by atomic mass is 10.2. The highest BCUT2D eigenvalue weighted by Crippen LogP contribution is 2.30. The normalized spacial score (nSPS) is 14.1. The summed E-state index contributed by atoms with van der Waals surface area (Å²) in [5, 5.41) is 17.0. The monoisotopic (exact) mass is 499 g/mol. The molecular formula is C24H23Cl2N5O3. The highest BCUT2D eigenvalue weighted by atomic mass is 35.5. The van der Waals surface area contributed by atoms with E-state index in [0.29, 0.717) is 41.9 Å². The number of hydrogen-bond donors (Lipinski definition) is 0. The average molecular weight is 500 g/mol. The van der Waals surface area contributed by atoms with Gasteiger partial charge in [0.2, 0.25) is 5.91 Å². The smallest absolute Gasteiger partial charge is 0.295 e. The molecule has 34 heavy (non-hydrogen) atoms. The Kier molecular flexibility index (Phi) is 6.90. The number of anilines is 1. The Balaban J connectivity index is 1.47. The standard InChI is InChI=1S/C24H23Cl2N5O3/c1-16-13-17(2)30(27-16)23-15-20(6-7-22(23)31(33)34)28-9-11-29(12-10-28)24(32)8-4-18-3-5-19(25)14-21(18)26/h3-8,13-15H,9-12H2,1-2H3. The van der Waals surface area contributed by atoms with Gasteiger partial charge in [-0.3, -0.25) is 14.9 Å². The number of amides is 1. The average Bonchev–Trinajstić information content (AvgIpc) is 3.15. The molecule has 0 saturated carbocycles. The molecular weight excluding hydrogens is 477 g/mol. The van der Waals surface area contributed by atoms with Crippen molar-refractivity contribution < 1.29 is 9.72 Å². The molecule has 0 N–H and O–H groups in total. The van der Waals surface area contributed by atoms with Crippen molar-refractivity contribution in [2.45, 2.75) is 13.8 Å². The van der Waals surface area contributed by atoms with Crippen molar-refractivity contribution in [2.75, 3.05) is 31.1 Å². The molecule has 0 atom stereocenters. The Hall–Kier alpha value is -3.36. The predicted molar refractivity (Wildman–Crippen MR) is 134 cm³/mol. The molecule has 1 fully saturated rings. The summed E-state index contributed by atoms with van der Waals surface area (Å²) < 4.78 is 1.60. The van der Waals surface area contributed by atoms with Crippen molar-refractivity contribution in [3.05, 3.63) is 85.7 Å². The van der Waals surface area contributed by atoms with Gasteiger partial charge in [0.1, 0.15) is 5.69 Å². The lowest BCUT2D eigenvalue weighted by Gasteiger charge is -2.35. The molecule has 0 bridgehead atoms. The first-order valence-corrected chi connectivity index (χ1v) is 11.5. The summed E-state index contributed by atoms with van der Waals surface area (Å²) in [4.78, 5) is 27.7. The topological polar surface area (TPSA) is 84.5 Å². The van der Waals surface area contributed by atoms with Gasteiger partial charge in [0.15, 0.2) is 0 Å². The summed E-state index contributed by atoms with van der Waals surface area (Å²) in [5.74, 6) is -0.0994. The lowest BCUT2D eigenvalue weighted by molar-refractivity contribution is -0.384. The van der Waals surface area contributed by atoms with E-state index < -0.39 is 4.92 Å². The van der Waals surface area contributed by atoms with E-state index in [-0.39, 0.29) is 11.6 Å². The van der Waals surface area contributed by atoms with Crippen molar-refractivity contribution in [3.8, 4) is 5.69 Å². The highest BCUT2D eigenvalue weighted by molar-refractivity contribution is 6.35. The highest BCUT2D eigenvalue weighted by Gasteiger charge is 2.23. The number of aromatic nitrogens is 2. The summed E-state index contributed by atoms with van der Waals surface area (Å²) >= 11 is 12.1. The molecule has 2 aromatic carbocycles. The van der Waals surface area contributed by atoms with Crippen LogP contribution in [-0.4, -0.2) is 51.7 Å². The molecule has 0 spiro atoms. The number of nitro groups is 1. The summed E-state index contributed by atoms with van der Waals surface area (Å²) in [5.41, 5.74) is 3.60. The van der Waals surface area contributed by atoms with E-state index in [4.69, 9.17) is 23.2 Å². The Morgan fingerprint density at radius 3 is 2.41 bits per heavy atom. The van der Waals surface area contributed by atoms with Crippen LogP contribution in [0.2, 0.25) is 10.0 Å². The minimum absolute atomic E-state index is 0.00485. The second-order valence-electron chi connectivity index (χ2n) is 8.08. The fourth-order valence-electron chi connectivity index (χ4n) is 3.99. The van der Waals surface area contributed by atoms with Gasteiger partial charge < -0.3 is 9.80 Å². The predicted octanol–water partition coefficient (Wildman–Crippen LogP) is 5.07. The van der Waals surface area contributed by atoms with Gasteiger partial charge in [-0.05, 0) is 55.8 Å². The van der Waals surface area contributed by atoms with Crippen LogP contribution in [0, 0.1) is 24.0 Å². The van der Waals surface area contributed by atoms with Crippen molar-refractivity contribution in [2.24, 2.45) is 0 Å². The third-order valence-corrected chi connectivity index (χ3v) is 6.28. The van der Waals surface area contributed by atoms with Gasteiger partial charge in [0.25, 0.3) is 5.69 Å². The zero-order valence-corrected chi connectivity index (χ0v) is 20.3. The van der Waals surface area contributed by atoms with Crippen LogP contribution >= 0.6 is 23.2 Å². The largest absolute Gasteiger partial charge is 0.368 e. The van der Waals surface area contributed by atoms with Gasteiger partial charge in [0, 0.05) is 59.7 Å². The minimum atomic E-state index is -0.397. The van der Waals surface area contributed by atoms with Gasteiger partial charge in [-0.2, -0.15) is 5.10 Å². The summed E-state index contributed by atoms with van der Waals surface area (Å²) in [6, 6.07) is 12.0. The van der Waals surface area contributed by atoms with Crippen LogP contribution < -0.4 is 4.90 Å². The molecule has 1 aromatic heterocycles. The van der Waals surface area contributed by atoms with Crippen LogP contribution in [0.25, 0.3) is 11.8 Å². The van der Waals surface area contributed by atoms with E-state index in [1.807, 2.05) is 19.9 Å². The van der Waals surface area contributed by atoms with Crippen LogP contribution in [0.1, 0.15) is 17.0 Å². The first-order valence-electron chi connectivity index (χ1n) is 10.7. The Bertz CT molecular complexity index is 1280. The molecule has 176 valence electrons. The molecule has 1 amide bonds. The molecule has 8 nitrogen and oxygen atoms in total. The number of carbonyl (C=O) groups is 1. The number of nitrogens with zero attached hydrogens (tertiary/aromatic N) is 5. The van der Waals surface area contributed by atoms with Crippen molar-refractivity contribution >= 4 is 46.6 Å². The fourth-order valence-corrected chi connectivity index (χ4v) is 4.47. The van der Waals surface area contributed by atoms with Gasteiger partial charge in [-0.1, -0.05) is 29.3 Å². The van der Waals surface area contributed by atoms with E-state index in [2.05, 4.69) is 10.00 Å². The zero-order chi connectivity index (χ0) is 24.4. The van der Waals surface area contributed by atoms with Crippen molar-refractivity contribution in [1.29, 1.82) is 0 Å². The SMILES string of the molecule is Cc1cc(C)n(-c2cc(N3CCN(C(=O)C=Cc4ccc(Cl)cc4Cl)CC3)ccc2[N+](=O)[O-])n1. The van der Waals surface area contributed by atoms with Crippen LogP contribution in [0.5, 0.6) is 0 Å². The van der Waals surface area contributed by atoms with E-state index in [1.165, 1.54) is 12.1 Å². The van der Waals surface area contributed by atoms with Crippen molar-refractivity contribution in [3.63, 3.8) is 0 Å². The summed E-state index contributed by atoms with van der Waals surface area (Å²) in [7, 11) is 0. The maximum Gasteiger partial charge on any atom is 0.295 e. The van der Waals surface area contributed by atoms with Crippen LogP contribution in [0.15, 0.2) is 48.5 Å². The number of halogens is 2. The molecule has 1 aliphatic rings. The van der Waals surface area contributed by atoms with Crippen LogP contribution in [0.3, 0.4) is 0 Å². The van der Waals surface area contributed by atoms with E-state index in [9.17, 15) is 14.9 Å². The van der Waals surface area contributed by atoms with Gasteiger partial charge in [-0.25, -0.2) is 4.68 Å². The Morgan fingerprint density at radius 2 is 1.79 bits per heavy atom. The maximum absolute atomic E-state index is 12.7. The molecule has 10 heteroatoms. The summed E-state index contributed by atoms with van der Waals surface area (Å²) in [6.45, 7) is 6.00. The molecule has 0 aliphatic carbocycles.